The van der Waals surface area contributed by atoms with Crippen LogP contribution in [0, 0.1) is 0 Å². The summed E-state index contributed by atoms with van der Waals surface area (Å²) in [6.07, 6.45) is 3.51. The zero-order chi connectivity index (χ0) is 22.5. The molecule has 4 rings (SSSR count). The van der Waals surface area contributed by atoms with Gasteiger partial charge in [0.2, 0.25) is 5.91 Å². The summed E-state index contributed by atoms with van der Waals surface area (Å²) >= 11 is 2.99. The molecule has 1 aromatic carbocycles. The molecule has 1 fully saturated rings. The summed E-state index contributed by atoms with van der Waals surface area (Å²) in [5.41, 5.74) is 1.11. The second kappa shape index (κ2) is 10.3. The number of amidine groups is 1. The molecule has 1 saturated heterocycles. The van der Waals surface area contributed by atoms with Crippen LogP contribution < -0.4 is 10.6 Å². The predicted octanol–water partition coefficient (Wildman–Crippen LogP) is 4.05. The third kappa shape index (κ3) is 5.58. The molecule has 2 N–H and O–H groups in total. The number of anilines is 1. The van der Waals surface area contributed by atoms with Crippen LogP contribution in [0.2, 0.25) is 0 Å². The lowest BCUT2D eigenvalue weighted by Crippen LogP contribution is -2.33. The van der Waals surface area contributed by atoms with E-state index in [1.807, 2.05) is 24.4 Å². The van der Waals surface area contributed by atoms with Gasteiger partial charge in [-0.3, -0.25) is 14.4 Å². The van der Waals surface area contributed by atoms with Crippen LogP contribution in [-0.4, -0.2) is 46.1 Å². The summed E-state index contributed by atoms with van der Waals surface area (Å²) in [6.45, 7) is 3.79. The van der Waals surface area contributed by atoms with Crippen LogP contribution in [-0.2, 0) is 9.59 Å². The van der Waals surface area contributed by atoms with E-state index >= 15 is 0 Å². The number of amides is 3. The Labute approximate surface area is 195 Å². The molecule has 7 nitrogen and oxygen atoms in total. The SMILES string of the molecule is C[C@@H](NC(=O)c1ccc(NC(=O)C[C@H]2SC(N3CCCCC3)=NC2=O)cc1)c1cccs1. The standard InChI is InChI=1S/C23H26N4O3S2/c1-15(18-6-5-13-31-18)24-21(29)16-7-9-17(10-8-16)25-20(28)14-19-22(30)26-23(32-19)27-11-3-2-4-12-27/h5-10,13,15,19H,2-4,11-12,14H2,1H3,(H,24,29)(H,25,28)/t15-,19-/m1/s1. The Morgan fingerprint density at radius 2 is 1.91 bits per heavy atom. The number of thioether (sulfide) groups is 1. The van der Waals surface area contributed by atoms with Crippen molar-refractivity contribution in [1.29, 1.82) is 0 Å². The minimum atomic E-state index is -0.476. The van der Waals surface area contributed by atoms with Gasteiger partial charge in [0.05, 0.1) is 6.04 Å². The first-order valence-corrected chi connectivity index (χ1v) is 12.5. The number of carbonyl (C=O) groups is 3. The van der Waals surface area contributed by atoms with Crippen LogP contribution >= 0.6 is 23.1 Å². The quantitative estimate of drug-likeness (QED) is 0.665. The van der Waals surface area contributed by atoms with Crippen molar-refractivity contribution in [1.82, 2.24) is 10.2 Å². The van der Waals surface area contributed by atoms with Gasteiger partial charge >= 0.3 is 0 Å². The van der Waals surface area contributed by atoms with Crippen LogP contribution in [0.3, 0.4) is 0 Å². The molecule has 3 heterocycles. The maximum Gasteiger partial charge on any atom is 0.262 e. The van der Waals surface area contributed by atoms with Gasteiger partial charge in [0, 0.05) is 35.6 Å². The Balaban J connectivity index is 1.27. The van der Waals surface area contributed by atoms with Gasteiger partial charge in [0.15, 0.2) is 5.17 Å². The molecule has 3 amide bonds. The van der Waals surface area contributed by atoms with Gasteiger partial charge in [0.1, 0.15) is 5.25 Å². The van der Waals surface area contributed by atoms with E-state index in [0.29, 0.717) is 11.3 Å². The van der Waals surface area contributed by atoms with Crippen molar-refractivity contribution in [2.45, 2.75) is 43.9 Å². The number of benzene rings is 1. The van der Waals surface area contributed by atoms with Gasteiger partial charge in [-0.1, -0.05) is 17.8 Å². The molecule has 0 saturated carbocycles. The monoisotopic (exact) mass is 470 g/mol. The molecule has 0 aliphatic carbocycles. The maximum atomic E-state index is 12.5. The highest BCUT2D eigenvalue weighted by atomic mass is 32.2. The van der Waals surface area contributed by atoms with Gasteiger partial charge in [-0.2, -0.15) is 4.99 Å². The number of likely N-dealkylation sites (tertiary alicyclic amines) is 1. The number of rotatable bonds is 6. The normalized spacial score (nSPS) is 19.4. The van der Waals surface area contributed by atoms with E-state index in [0.717, 1.165) is 36.0 Å². The zero-order valence-electron chi connectivity index (χ0n) is 17.9. The summed E-state index contributed by atoms with van der Waals surface area (Å²) in [5, 5.41) is 8.04. The van der Waals surface area contributed by atoms with Crippen molar-refractivity contribution in [3.05, 3.63) is 52.2 Å². The third-order valence-electron chi connectivity index (χ3n) is 5.47. The second-order valence-corrected chi connectivity index (χ2v) is 10.1. The summed E-state index contributed by atoms with van der Waals surface area (Å²) in [6, 6.07) is 10.6. The van der Waals surface area contributed by atoms with Crippen LogP contribution in [0.15, 0.2) is 46.8 Å². The Bertz CT molecular complexity index is 999. The number of nitrogens with one attached hydrogen (secondary N) is 2. The zero-order valence-corrected chi connectivity index (χ0v) is 19.5. The summed E-state index contributed by atoms with van der Waals surface area (Å²) in [7, 11) is 0. The molecule has 0 radical (unpaired) electrons. The first-order valence-electron chi connectivity index (χ1n) is 10.8. The van der Waals surface area contributed by atoms with E-state index in [1.54, 1.807) is 35.6 Å². The lowest BCUT2D eigenvalue weighted by atomic mass is 10.1. The number of hydrogen-bond acceptors (Lipinski definition) is 6. The van der Waals surface area contributed by atoms with Crippen molar-refractivity contribution in [3.63, 3.8) is 0 Å². The summed E-state index contributed by atoms with van der Waals surface area (Å²) < 4.78 is 0. The molecule has 0 unspecified atom stereocenters. The van der Waals surface area contributed by atoms with Gasteiger partial charge in [-0.15, -0.1) is 11.3 Å². The number of thiophene rings is 1. The lowest BCUT2D eigenvalue weighted by molar-refractivity contribution is -0.121. The summed E-state index contributed by atoms with van der Waals surface area (Å²) in [5.74, 6) is -0.647. The Morgan fingerprint density at radius 3 is 2.59 bits per heavy atom. The van der Waals surface area contributed by atoms with Crippen molar-refractivity contribution < 1.29 is 14.4 Å². The lowest BCUT2D eigenvalue weighted by Gasteiger charge is -2.27. The maximum absolute atomic E-state index is 12.5. The molecule has 0 bridgehead atoms. The molecular weight excluding hydrogens is 444 g/mol. The average molecular weight is 471 g/mol. The number of aliphatic imine (C=N–C) groups is 1. The van der Waals surface area contributed by atoms with Crippen molar-refractivity contribution in [2.75, 3.05) is 18.4 Å². The van der Waals surface area contributed by atoms with Gasteiger partial charge in [-0.25, -0.2) is 0 Å². The third-order valence-corrected chi connectivity index (χ3v) is 7.74. The minimum Gasteiger partial charge on any atom is -0.351 e. The predicted molar refractivity (Wildman–Crippen MR) is 129 cm³/mol. The number of piperidine rings is 1. The highest BCUT2D eigenvalue weighted by molar-refractivity contribution is 8.15. The van der Waals surface area contributed by atoms with E-state index in [1.165, 1.54) is 18.2 Å². The Morgan fingerprint density at radius 1 is 1.16 bits per heavy atom. The second-order valence-electron chi connectivity index (χ2n) is 7.93. The fourth-order valence-corrected chi connectivity index (χ4v) is 5.56. The minimum absolute atomic E-state index is 0.0691. The Hall–Kier alpha value is -2.65. The number of nitrogens with zero attached hydrogens (tertiary/aromatic N) is 2. The molecular formula is C23H26N4O3S2. The van der Waals surface area contributed by atoms with Crippen LogP contribution in [0.25, 0.3) is 0 Å². The molecule has 2 aromatic rings. The highest BCUT2D eigenvalue weighted by Gasteiger charge is 2.33. The highest BCUT2D eigenvalue weighted by Crippen LogP contribution is 2.29. The van der Waals surface area contributed by atoms with E-state index in [-0.39, 0.29) is 30.2 Å². The van der Waals surface area contributed by atoms with Crippen molar-refractivity contribution in [3.8, 4) is 0 Å². The molecule has 2 aliphatic heterocycles. The van der Waals surface area contributed by atoms with E-state index < -0.39 is 5.25 Å². The number of carbonyl (C=O) groups excluding carboxylic acids is 3. The van der Waals surface area contributed by atoms with E-state index in [9.17, 15) is 14.4 Å². The smallest absolute Gasteiger partial charge is 0.262 e. The van der Waals surface area contributed by atoms with Gasteiger partial charge in [0.25, 0.3) is 11.8 Å². The van der Waals surface area contributed by atoms with Gasteiger partial charge in [-0.05, 0) is 61.9 Å². The van der Waals surface area contributed by atoms with Crippen LogP contribution in [0.1, 0.15) is 53.9 Å². The topological polar surface area (TPSA) is 90.9 Å². The van der Waals surface area contributed by atoms with Crippen LogP contribution in [0.5, 0.6) is 0 Å². The molecule has 32 heavy (non-hydrogen) atoms. The van der Waals surface area contributed by atoms with Crippen molar-refractivity contribution >= 4 is 51.7 Å². The molecule has 2 aliphatic rings. The average Bonchev–Trinajstić information content (AvgIpc) is 3.45. The molecule has 168 valence electrons. The fraction of sp³-hybridized carbons (Fsp3) is 0.391. The molecule has 2 atom stereocenters. The van der Waals surface area contributed by atoms with E-state index in [4.69, 9.17) is 0 Å². The largest absolute Gasteiger partial charge is 0.351 e. The first kappa shape index (κ1) is 22.5. The van der Waals surface area contributed by atoms with E-state index in [2.05, 4.69) is 20.5 Å². The van der Waals surface area contributed by atoms with Crippen LogP contribution in [0.4, 0.5) is 5.69 Å². The van der Waals surface area contributed by atoms with Crippen molar-refractivity contribution in [2.24, 2.45) is 4.99 Å². The number of hydrogen-bond donors (Lipinski definition) is 2. The molecule has 9 heteroatoms. The fourth-order valence-electron chi connectivity index (χ4n) is 3.70. The molecule has 0 spiro atoms. The Kier molecular flexibility index (Phi) is 7.26. The summed E-state index contributed by atoms with van der Waals surface area (Å²) in [4.78, 5) is 44.6. The first-order chi connectivity index (χ1) is 15.5. The van der Waals surface area contributed by atoms with Gasteiger partial charge < -0.3 is 15.5 Å². The molecule has 1 aromatic heterocycles.